The number of alkyl halides is 2. The largest absolute Gasteiger partial charge is 0.265 e. The van der Waals surface area contributed by atoms with Gasteiger partial charge in [-0.15, -0.1) is 0 Å². The lowest BCUT2D eigenvalue weighted by atomic mass is 10.1. The van der Waals surface area contributed by atoms with Gasteiger partial charge in [0.05, 0.1) is 0 Å². The molecule has 0 aromatic carbocycles. The molecule has 0 radical (unpaired) electrons. The molecule has 1 heterocycles. The van der Waals surface area contributed by atoms with Crippen molar-refractivity contribution >= 4 is 0 Å². The second-order valence-corrected chi connectivity index (χ2v) is 2.43. The van der Waals surface area contributed by atoms with Crippen LogP contribution in [-0.2, 0) is 0 Å². The normalized spacial score (nSPS) is 10.2. The van der Waals surface area contributed by atoms with Gasteiger partial charge in [-0.05, 0) is 13.0 Å². The molecule has 0 spiro atoms. The van der Waals surface area contributed by atoms with Gasteiger partial charge in [-0.2, -0.15) is 9.65 Å². The topological polar surface area (TPSA) is 36.7 Å². The van der Waals surface area contributed by atoms with Gasteiger partial charge in [0.25, 0.3) is 6.43 Å². The molecule has 2 nitrogen and oxygen atoms in total. The maximum absolute atomic E-state index is 12.8. The van der Waals surface area contributed by atoms with Crippen LogP contribution in [0.1, 0.15) is 23.2 Å². The first-order valence-electron chi connectivity index (χ1n) is 3.41. The van der Waals surface area contributed by atoms with Crippen LogP contribution in [-0.4, -0.2) is 4.98 Å². The second kappa shape index (κ2) is 3.44. The smallest absolute Gasteiger partial charge is 0.224 e. The average molecular weight is 186 g/mol. The standard InChI is InChI=1S/C8H5F3N2/c1-4-2-5(7(9)10)6(3-12)8(11)13-4/h2,7H,1H3. The number of pyridine rings is 1. The summed E-state index contributed by atoms with van der Waals surface area (Å²) in [5.74, 6) is -1.14. The minimum atomic E-state index is -2.86. The number of nitriles is 1. The van der Waals surface area contributed by atoms with Crippen molar-refractivity contribution in [3.05, 3.63) is 28.8 Å². The Kier molecular flexibility index (Phi) is 2.52. The molecule has 1 rings (SSSR count). The lowest BCUT2D eigenvalue weighted by Gasteiger charge is -2.03. The molecule has 0 aliphatic rings. The van der Waals surface area contributed by atoms with Crippen LogP contribution >= 0.6 is 0 Å². The lowest BCUT2D eigenvalue weighted by molar-refractivity contribution is 0.150. The van der Waals surface area contributed by atoms with Gasteiger partial charge in [0.2, 0.25) is 5.95 Å². The first kappa shape index (κ1) is 9.52. The molecule has 0 aliphatic heterocycles. The van der Waals surface area contributed by atoms with Crippen molar-refractivity contribution in [2.75, 3.05) is 0 Å². The Labute approximate surface area is 72.6 Å². The highest BCUT2D eigenvalue weighted by molar-refractivity contribution is 5.38. The molecule has 0 unspecified atom stereocenters. The molecule has 0 bridgehead atoms. The van der Waals surface area contributed by atoms with Crippen LogP contribution < -0.4 is 0 Å². The highest BCUT2D eigenvalue weighted by Crippen LogP contribution is 2.24. The molecule has 0 saturated carbocycles. The summed E-state index contributed by atoms with van der Waals surface area (Å²) in [6.07, 6.45) is -2.86. The Morgan fingerprint density at radius 2 is 2.15 bits per heavy atom. The molecule has 1 aromatic rings. The highest BCUT2D eigenvalue weighted by Gasteiger charge is 2.18. The monoisotopic (exact) mass is 186 g/mol. The fraction of sp³-hybridized carbons (Fsp3) is 0.250. The zero-order valence-electron chi connectivity index (χ0n) is 6.68. The molecule has 0 N–H and O–H groups in total. The van der Waals surface area contributed by atoms with E-state index in [0.29, 0.717) is 0 Å². The maximum atomic E-state index is 12.8. The van der Waals surface area contributed by atoms with Gasteiger partial charge in [0.1, 0.15) is 11.6 Å². The van der Waals surface area contributed by atoms with Crippen molar-refractivity contribution in [1.29, 1.82) is 5.26 Å². The van der Waals surface area contributed by atoms with Gasteiger partial charge < -0.3 is 0 Å². The summed E-state index contributed by atoms with van der Waals surface area (Å²) >= 11 is 0. The number of hydrogen-bond donors (Lipinski definition) is 0. The van der Waals surface area contributed by atoms with E-state index in [1.54, 1.807) is 0 Å². The third kappa shape index (κ3) is 1.78. The molecule has 1 aromatic heterocycles. The Morgan fingerprint density at radius 3 is 2.62 bits per heavy atom. The molecule has 0 amide bonds. The summed E-state index contributed by atoms with van der Waals surface area (Å²) in [5, 5.41) is 8.38. The number of hydrogen-bond acceptors (Lipinski definition) is 2. The van der Waals surface area contributed by atoms with E-state index in [-0.39, 0.29) is 5.69 Å². The van der Waals surface area contributed by atoms with Crippen LogP contribution in [0.15, 0.2) is 6.07 Å². The third-order valence-electron chi connectivity index (χ3n) is 1.48. The summed E-state index contributed by atoms with van der Waals surface area (Å²) in [6, 6.07) is 2.36. The molecule has 68 valence electrons. The van der Waals surface area contributed by atoms with E-state index in [0.717, 1.165) is 6.07 Å². The van der Waals surface area contributed by atoms with Crippen molar-refractivity contribution in [2.45, 2.75) is 13.3 Å². The number of halogens is 3. The van der Waals surface area contributed by atoms with Crippen LogP contribution in [0.25, 0.3) is 0 Å². The minimum Gasteiger partial charge on any atom is -0.224 e. The van der Waals surface area contributed by atoms with Gasteiger partial charge in [0, 0.05) is 11.3 Å². The van der Waals surface area contributed by atoms with E-state index in [9.17, 15) is 13.2 Å². The Bertz CT molecular complexity index is 368. The molecule has 0 atom stereocenters. The number of nitrogens with zero attached hydrogens (tertiary/aromatic N) is 2. The molecule has 13 heavy (non-hydrogen) atoms. The van der Waals surface area contributed by atoms with E-state index < -0.39 is 23.5 Å². The van der Waals surface area contributed by atoms with Gasteiger partial charge >= 0.3 is 0 Å². The predicted molar refractivity (Wildman–Crippen MR) is 38.6 cm³/mol. The fourth-order valence-electron chi connectivity index (χ4n) is 0.942. The summed E-state index contributed by atoms with van der Waals surface area (Å²) in [6.45, 7) is 1.39. The molecular weight excluding hydrogens is 181 g/mol. The summed E-state index contributed by atoms with van der Waals surface area (Å²) in [4.78, 5) is 3.26. The molecule has 5 heteroatoms. The first-order valence-corrected chi connectivity index (χ1v) is 3.41. The minimum absolute atomic E-state index is 0.131. The van der Waals surface area contributed by atoms with Crippen molar-refractivity contribution in [1.82, 2.24) is 4.98 Å². The number of rotatable bonds is 1. The summed E-state index contributed by atoms with van der Waals surface area (Å²) < 4.78 is 37.3. The second-order valence-electron chi connectivity index (χ2n) is 2.43. The maximum Gasteiger partial charge on any atom is 0.265 e. The van der Waals surface area contributed by atoms with Crippen LogP contribution in [0.5, 0.6) is 0 Å². The average Bonchev–Trinajstić information content (AvgIpc) is 2.02. The third-order valence-corrected chi connectivity index (χ3v) is 1.48. The summed E-state index contributed by atoms with van der Waals surface area (Å²) in [7, 11) is 0. The van der Waals surface area contributed by atoms with Crippen LogP contribution in [0.3, 0.4) is 0 Å². The van der Waals surface area contributed by atoms with Gasteiger partial charge in [0.15, 0.2) is 0 Å². The van der Waals surface area contributed by atoms with Gasteiger partial charge in [-0.3, -0.25) is 0 Å². The van der Waals surface area contributed by atoms with E-state index >= 15 is 0 Å². The molecule has 0 saturated heterocycles. The first-order chi connectivity index (χ1) is 6.06. The molecular formula is C8H5F3N2. The van der Waals surface area contributed by atoms with Crippen LogP contribution in [0.2, 0.25) is 0 Å². The van der Waals surface area contributed by atoms with Crippen LogP contribution in [0.4, 0.5) is 13.2 Å². The Hall–Kier alpha value is -1.57. The zero-order valence-corrected chi connectivity index (χ0v) is 6.68. The van der Waals surface area contributed by atoms with Crippen molar-refractivity contribution in [2.24, 2.45) is 0 Å². The number of aromatic nitrogens is 1. The number of aryl methyl sites for hydroxylation is 1. The van der Waals surface area contributed by atoms with Crippen molar-refractivity contribution < 1.29 is 13.2 Å². The Balaban J connectivity index is 3.41. The van der Waals surface area contributed by atoms with E-state index in [2.05, 4.69) is 4.98 Å². The van der Waals surface area contributed by atoms with Crippen molar-refractivity contribution in [3.63, 3.8) is 0 Å². The van der Waals surface area contributed by atoms with Crippen molar-refractivity contribution in [3.8, 4) is 6.07 Å². The van der Waals surface area contributed by atoms with Gasteiger partial charge in [-0.25, -0.2) is 13.8 Å². The van der Waals surface area contributed by atoms with E-state index in [4.69, 9.17) is 5.26 Å². The zero-order chi connectivity index (χ0) is 10.0. The van der Waals surface area contributed by atoms with Gasteiger partial charge in [-0.1, -0.05) is 0 Å². The fourth-order valence-corrected chi connectivity index (χ4v) is 0.942. The lowest BCUT2D eigenvalue weighted by Crippen LogP contribution is -1.99. The molecule has 0 fully saturated rings. The Morgan fingerprint density at radius 1 is 1.54 bits per heavy atom. The highest BCUT2D eigenvalue weighted by atomic mass is 19.3. The van der Waals surface area contributed by atoms with Crippen LogP contribution in [0, 0.1) is 24.2 Å². The quantitative estimate of drug-likeness (QED) is 0.631. The van der Waals surface area contributed by atoms with E-state index in [1.165, 1.54) is 13.0 Å². The van der Waals surface area contributed by atoms with E-state index in [1.807, 2.05) is 0 Å². The molecule has 0 aliphatic carbocycles. The SMILES string of the molecule is Cc1cc(C(F)F)c(C#N)c(F)n1. The predicted octanol–water partition coefficient (Wildman–Crippen LogP) is 2.34. The summed E-state index contributed by atoms with van der Waals surface area (Å²) in [5.41, 5.74) is -1.15.